The van der Waals surface area contributed by atoms with E-state index in [0.717, 1.165) is 35.2 Å². The van der Waals surface area contributed by atoms with Gasteiger partial charge in [0.1, 0.15) is 10.8 Å². The first kappa shape index (κ1) is 23.0. The number of ether oxygens (including phenoxy) is 1. The second kappa shape index (κ2) is 12.3. The first-order valence-corrected chi connectivity index (χ1v) is 9.72. The topological polar surface area (TPSA) is 58.5 Å². The molecule has 0 aliphatic heterocycles. The molecule has 1 aromatic carbocycles. The van der Waals surface area contributed by atoms with Gasteiger partial charge in [0.05, 0.1) is 19.7 Å². The Morgan fingerprint density at radius 1 is 1.27 bits per heavy atom. The summed E-state index contributed by atoms with van der Waals surface area (Å²) < 4.78 is 5.65. The van der Waals surface area contributed by atoms with Crippen LogP contribution in [0.4, 0.5) is 0 Å². The number of hydrogen-bond acceptors (Lipinski definition) is 4. The Morgan fingerprint density at radius 3 is 2.73 bits per heavy atom. The highest BCUT2D eigenvalue weighted by atomic mass is 127. The Labute approximate surface area is 181 Å². The zero-order valence-corrected chi connectivity index (χ0v) is 19.2. The monoisotopic (exact) mass is 508 g/mol. The second-order valence-corrected chi connectivity index (χ2v) is 6.94. The third-order valence-electron chi connectivity index (χ3n) is 3.44. The molecule has 1 heterocycles. The summed E-state index contributed by atoms with van der Waals surface area (Å²) in [6.07, 6.45) is 2.95. The van der Waals surface area contributed by atoms with Crippen molar-refractivity contribution in [3.63, 3.8) is 0 Å². The Hall–Kier alpha value is -1.06. The summed E-state index contributed by atoms with van der Waals surface area (Å²) in [4.78, 5) is 10.4. The lowest BCUT2D eigenvalue weighted by molar-refractivity contribution is 0.336. The molecule has 26 heavy (non-hydrogen) atoms. The summed E-state index contributed by atoms with van der Waals surface area (Å²) in [7, 11) is 0. The van der Waals surface area contributed by atoms with Gasteiger partial charge in [-0.05, 0) is 32.4 Å². The molecule has 8 heteroatoms. The van der Waals surface area contributed by atoms with E-state index in [4.69, 9.17) is 16.3 Å². The highest BCUT2D eigenvalue weighted by Crippen LogP contribution is 2.24. The normalized spacial score (nSPS) is 11.0. The van der Waals surface area contributed by atoms with Gasteiger partial charge in [-0.15, -0.1) is 35.3 Å². The third kappa shape index (κ3) is 7.28. The Kier molecular flexibility index (Phi) is 10.9. The molecule has 2 rings (SSSR count). The Balaban J connectivity index is 0.00000338. The van der Waals surface area contributed by atoms with E-state index in [2.05, 4.69) is 27.5 Å². The van der Waals surface area contributed by atoms with Gasteiger partial charge in [0.2, 0.25) is 0 Å². The molecule has 1 aromatic heterocycles. The zero-order valence-electron chi connectivity index (χ0n) is 15.3. The summed E-state index contributed by atoms with van der Waals surface area (Å²) in [5.74, 6) is 1.54. The van der Waals surface area contributed by atoms with Crippen LogP contribution in [-0.2, 0) is 19.5 Å². The molecule has 0 saturated heterocycles. The van der Waals surface area contributed by atoms with Gasteiger partial charge in [-0.25, -0.2) is 9.98 Å². The van der Waals surface area contributed by atoms with Gasteiger partial charge < -0.3 is 15.4 Å². The van der Waals surface area contributed by atoms with Crippen LogP contribution in [-0.4, -0.2) is 24.1 Å². The van der Waals surface area contributed by atoms with Crippen molar-refractivity contribution in [1.29, 1.82) is 0 Å². The Bertz CT molecular complexity index is 708. The quantitative estimate of drug-likeness (QED) is 0.310. The van der Waals surface area contributed by atoms with Gasteiger partial charge in [-0.2, -0.15) is 0 Å². The van der Waals surface area contributed by atoms with E-state index in [1.807, 2.05) is 38.2 Å². The van der Waals surface area contributed by atoms with E-state index in [-0.39, 0.29) is 24.0 Å². The molecule has 0 bridgehead atoms. The summed E-state index contributed by atoms with van der Waals surface area (Å²) in [5, 5.41) is 8.31. The van der Waals surface area contributed by atoms with E-state index in [9.17, 15) is 0 Å². The van der Waals surface area contributed by atoms with Crippen molar-refractivity contribution in [2.45, 2.75) is 40.3 Å². The molecular formula is C18H26ClIN4OS. The molecule has 5 nitrogen and oxygen atoms in total. The van der Waals surface area contributed by atoms with Gasteiger partial charge >= 0.3 is 0 Å². The molecule has 2 N–H and O–H groups in total. The number of aromatic nitrogens is 1. The summed E-state index contributed by atoms with van der Waals surface area (Å²) >= 11 is 7.78. The fraction of sp³-hybridized carbons (Fsp3) is 0.444. The predicted molar refractivity (Wildman–Crippen MR) is 121 cm³/mol. The van der Waals surface area contributed by atoms with Gasteiger partial charge in [0.25, 0.3) is 0 Å². The number of aryl methyl sites for hydroxylation is 1. The molecule has 0 aliphatic rings. The lowest BCUT2D eigenvalue weighted by atomic mass is 10.2. The predicted octanol–water partition coefficient (Wildman–Crippen LogP) is 4.63. The van der Waals surface area contributed by atoms with Crippen LogP contribution in [0.25, 0.3) is 0 Å². The number of nitrogens with one attached hydrogen (secondary N) is 2. The molecule has 0 amide bonds. The van der Waals surface area contributed by atoms with E-state index in [1.54, 1.807) is 11.3 Å². The van der Waals surface area contributed by atoms with Crippen molar-refractivity contribution in [3.05, 3.63) is 44.9 Å². The molecule has 0 unspecified atom stereocenters. The summed E-state index contributed by atoms with van der Waals surface area (Å²) in [6.45, 7) is 8.71. The van der Waals surface area contributed by atoms with E-state index >= 15 is 0 Å². The van der Waals surface area contributed by atoms with Crippen LogP contribution in [0.1, 0.15) is 36.2 Å². The largest absolute Gasteiger partial charge is 0.493 e. The molecule has 2 aromatic rings. The van der Waals surface area contributed by atoms with Crippen LogP contribution in [0.3, 0.4) is 0 Å². The molecule has 0 radical (unpaired) electrons. The fourth-order valence-corrected chi connectivity index (χ4v) is 3.17. The molecule has 0 saturated carbocycles. The molecule has 0 atom stereocenters. The second-order valence-electron chi connectivity index (χ2n) is 5.31. The van der Waals surface area contributed by atoms with Crippen LogP contribution in [0.15, 0.2) is 29.4 Å². The minimum Gasteiger partial charge on any atom is -0.493 e. The molecule has 144 valence electrons. The van der Waals surface area contributed by atoms with Crippen molar-refractivity contribution in [1.82, 2.24) is 15.6 Å². The van der Waals surface area contributed by atoms with E-state index in [0.29, 0.717) is 24.7 Å². The Morgan fingerprint density at radius 2 is 2.08 bits per heavy atom. The number of aliphatic imine (C=N–C) groups is 1. The number of rotatable bonds is 8. The number of thiazole rings is 1. The van der Waals surface area contributed by atoms with Crippen LogP contribution >= 0.6 is 46.9 Å². The minimum atomic E-state index is 0. The van der Waals surface area contributed by atoms with Gasteiger partial charge in [0.15, 0.2) is 5.96 Å². The van der Waals surface area contributed by atoms with Crippen LogP contribution in [0.5, 0.6) is 5.75 Å². The molecular weight excluding hydrogens is 483 g/mol. The lowest BCUT2D eigenvalue weighted by Gasteiger charge is -2.12. The standard InChI is InChI=1S/C18H25ClN4OS.HI/c1-4-15-11-21-17(25-15)12-23-18(20-5-2)22-10-13-7-8-14(19)9-16(13)24-6-3;/h7-9,11H,4-6,10,12H2,1-3H3,(H2,20,22,23);1H. The van der Waals surface area contributed by atoms with E-state index < -0.39 is 0 Å². The fourth-order valence-electron chi connectivity index (χ4n) is 2.21. The first-order valence-electron chi connectivity index (χ1n) is 8.53. The highest BCUT2D eigenvalue weighted by molar-refractivity contribution is 14.0. The highest BCUT2D eigenvalue weighted by Gasteiger charge is 2.06. The van der Waals surface area contributed by atoms with Crippen LogP contribution in [0, 0.1) is 0 Å². The minimum absolute atomic E-state index is 0. The number of halogens is 2. The van der Waals surface area contributed by atoms with Crippen molar-refractivity contribution in [2.24, 2.45) is 4.99 Å². The maximum atomic E-state index is 6.05. The molecule has 0 aliphatic carbocycles. The van der Waals surface area contributed by atoms with Crippen molar-refractivity contribution < 1.29 is 4.74 Å². The molecule has 0 spiro atoms. The summed E-state index contributed by atoms with van der Waals surface area (Å²) in [6, 6.07) is 5.64. The number of benzene rings is 1. The number of nitrogens with zero attached hydrogens (tertiary/aromatic N) is 2. The lowest BCUT2D eigenvalue weighted by Crippen LogP contribution is -2.36. The zero-order chi connectivity index (χ0) is 18.1. The average Bonchev–Trinajstić information content (AvgIpc) is 3.07. The molecule has 0 fully saturated rings. The SMILES string of the molecule is CCNC(=NCc1ccc(Cl)cc1OCC)NCc1ncc(CC)s1.I. The van der Waals surface area contributed by atoms with Crippen LogP contribution < -0.4 is 15.4 Å². The first-order chi connectivity index (χ1) is 12.2. The maximum absolute atomic E-state index is 6.05. The van der Waals surface area contributed by atoms with Gasteiger partial charge in [-0.3, -0.25) is 0 Å². The van der Waals surface area contributed by atoms with Crippen molar-refractivity contribution >= 4 is 52.9 Å². The average molecular weight is 509 g/mol. The van der Waals surface area contributed by atoms with Gasteiger partial charge in [0, 0.05) is 28.2 Å². The number of hydrogen-bond donors (Lipinski definition) is 2. The van der Waals surface area contributed by atoms with Crippen molar-refractivity contribution in [3.8, 4) is 5.75 Å². The van der Waals surface area contributed by atoms with Gasteiger partial charge in [-0.1, -0.05) is 24.6 Å². The third-order valence-corrected chi connectivity index (χ3v) is 4.81. The van der Waals surface area contributed by atoms with E-state index in [1.165, 1.54) is 4.88 Å². The number of guanidine groups is 1. The van der Waals surface area contributed by atoms with Crippen LogP contribution in [0.2, 0.25) is 5.02 Å². The maximum Gasteiger partial charge on any atom is 0.191 e. The smallest absolute Gasteiger partial charge is 0.191 e. The van der Waals surface area contributed by atoms with Crippen molar-refractivity contribution in [2.75, 3.05) is 13.2 Å². The summed E-state index contributed by atoms with van der Waals surface area (Å²) in [5.41, 5.74) is 1.01.